The fourth-order valence-corrected chi connectivity index (χ4v) is 5.08. The van der Waals surface area contributed by atoms with Crippen LogP contribution in [0.5, 0.6) is 0 Å². The fourth-order valence-electron chi connectivity index (χ4n) is 5.08. The van der Waals surface area contributed by atoms with Crippen molar-refractivity contribution in [2.45, 2.75) is 65.1 Å². The number of carbonyl (C=O) groups excluding carboxylic acids is 2. The number of hydrogen-bond acceptors (Lipinski definition) is 4. The Hall–Kier alpha value is -3.25. The summed E-state index contributed by atoms with van der Waals surface area (Å²) >= 11 is 0. The number of H-pyrrole nitrogens is 1. The zero-order valence-electron chi connectivity index (χ0n) is 21.1. The van der Waals surface area contributed by atoms with Gasteiger partial charge in [-0.2, -0.15) is 5.10 Å². The number of carbonyl (C=O) groups is 2. The molecule has 35 heavy (non-hydrogen) atoms. The van der Waals surface area contributed by atoms with Gasteiger partial charge in [0.1, 0.15) is 6.29 Å². The average Bonchev–Trinajstić information content (AvgIpc) is 3.28. The highest BCUT2D eigenvalue weighted by molar-refractivity contribution is 5.94. The smallest absolute Gasteiger partial charge is 0.251 e. The first-order valence-electron chi connectivity index (χ1n) is 12.4. The summed E-state index contributed by atoms with van der Waals surface area (Å²) < 4.78 is 0. The molecule has 5 rings (SSSR count). The number of fused-ring (bicyclic) bond motifs is 1. The van der Waals surface area contributed by atoms with Gasteiger partial charge in [-0.05, 0) is 74.4 Å². The molecule has 0 aliphatic heterocycles. The molecule has 2 aromatic carbocycles. The van der Waals surface area contributed by atoms with Gasteiger partial charge in [-0.3, -0.25) is 19.6 Å². The van der Waals surface area contributed by atoms with E-state index < -0.39 is 0 Å². The Balaban J connectivity index is 1.28. The van der Waals surface area contributed by atoms with Gasteiger partial charge in [0.15, 0.2) is 0 Å². The summed E-state index contributed by atoms with van der Waals surface area (Å²) in [7, 11) is 2.05. The fraction of sp³-hybridized carbons (Fsp3) is 0.414. The quantitative estimate of drug-likeness (QED) is 0.458. The number of rotatable bonds is 8. The number of aldehydes is 1. The van der Waals surface area contributed by atoms with Gasteiger partial charge in [0.2, 0.25) is 0 Å². The Bertz CT molecular complexity index is 1270. The summed E-state index contributed by atoms with van der Waals surface area (Å²) in [6, 6.07) is 13.8. The van der Waals surface area contributed by atoms with Crippen LogP contribution in [0.1, 0.15) is 76.7 Å². The minimum absolute atomic E-state index is 0.00872. The molecule has 182 valence electrons. The number of nitrogens with one attached hydrogen (secondary N) is 2. The van der Waals surface area contributed by atoms with E-state index in [1.807, 2.05) is 43.4 Å². The first-order valence-corrected chi connectivity index (χ1v) is 12.4. The maximum absolute atomic E-state index is 12.4. The lowest BCUT2D eigenvalue weighted by Gasteiger charge is -2.19. The van der Waals surface area contributed by atoms with Crippen LogP contribution in [0, 0.1) is 5.41 Å². The van der Waals surface area contributed by atoms with Crippen molar-refractivity contribution in [1.82, 2.24) is 20.4 Å². The van der Waals surface area contributed by atoms with Gasteiger partial charge in [0, 0.05) is 46.6 Å². The number of benzene rings is 2. The normalized spacial score (nSPS) is 17.3. The van der Waals surface area contributed by atoms with Crippen LogP contribution in [0.3, 0.4) is 0 Å². The van der Waals surface area contributed by atoms with E-state index in [-0.39, 0.29) is 16.9 Å². The van der Waals surface area contributed by atoms with E-state index in [1.165, 1.54) is 11.3 Å². The third kappa shape index (κ3) is 5.08. The molecule has 6 nitrogen and oxygen atoms in total. The van der Waals surface area contributed by atoms with E-state index in [4.69, 9.17) is 0 Å². The maximum atomic E-state index is 12.4. The monoisotopic (exact) mass is 470 g/mol. The average molecular weight is 471 g/mol. The van der Waals surface area contributed by atoms with Crippen molar-refractivity contribution in [3.8, 4) is 11.3 Å². The molecule has 0 bridgehead atoms. The Morgan fingerprint density at radius 1 is 1.09 bits per heavy atom. The molecule has 6 heteroatoms. The van der Waals surface area contributed by atoms with Crippen LogP contribution in [0.15, 0.2) is 42.5 Å². The summed E-state index contributed by atoms with van der Waals surface area (Å²) in [6.45, 7) is 8.01. The van der Waals surface area contributed by atoms with Gasteiger partial charge >= 0.3 is 0 Å². The van der Waals surface area contributed by atoms with Crippen LogP contribution in [0.4, 0.5) is 0 Å². The predicted octanol–water partition coefficient (Wildman–Crippen LogP) is 4.93. The second-order valence-corrected chi connectivity index (χ2v) is 11.5. The molecule has 0 unspecified atom stereocenters. The van der Waals surface area contributed by atoms with Crippen LogP contribution in [-0.4, -0.2) is 39.9 Å². The van der Waals surface area contributed by atoms with Gasteiger partial charge in [0.25, 0.3) is 5.91 Å². The van der Waals surface area contributed by atoms with Crippen LogP contribution in [0.25, 0.3) is 11.3 Å². The molecule has 2 aliphatic rings. The molecule has 1 amide bonds. The van der Waals surface area contributed by atoms with Crippen molar-refractivity contribution in [2.24, 2.45) is 5.41 Å². The summed E-state index contributed by atoms with van der Waals surface area (Å²) in [5.74, 6) is -0.00872. The van der Waals surface area contributed by atoms with E-state index in [9.17, 15) is 9.59 Å². The Morgan fingerprint density at radius 2 is 1.83 bits per heavy atom. The molecule has 0 radical (unpaired) electrons. The molecule has 1 saturated carbocycles. The van der Waals surface area contributed by atoms with E-state index in [0.29, 0.717) is 24.2 Å². The van der Waals surface area contributed by atoms with Crippen LogP contribution >= 0.6 is 0 Å². The zero-order valence-corrected chi connectivity index (χ0v) is 21.1. The molecule has 1 heterocycles. The largest absolute Gasteiger partial charge is 0.347 e. The minimum Gasteiger partial charge on any atom is -0.347 e. The Labute approximate surface area is 207 Å². The number of amides is 1. The van der Waals surface area contributed by atoms with Gasteiger partial charge in [-0.15, -0.1) is 0 Å². The summed E-state index contributed by atoms with van der Waals surface area (Å²) in [5, 5.41) is 10.9. The summed E-state index contributed by atoms with van der Waals surface area (Å²) in [4.78, 5) is 26.4. The van der Waals surface area contributed by atoms with Crippen LogP contribution in [-0.2, 0) is 25.9 Å². The molecule has 0 saturated heterocycles. The second-order valence-electron chi connectivity index (χ2n) is 11.5. The molecule has 2 N–H and O–H groups in total. The summed E-state index contributed by atoms with van der Waals surface area (Å²) in [5.41, 5.74) is 8.31. The lowest BCUT2D eigenvalue weighted by atomic mass is 9.89. The van der Waals surface area contributed by atoms with Gasteiger partial charge in [-0.25, -0.2) is 0 Å². The lowest BCUT2D eigenvalue weighted by Crippen LogP contribution is -2.34. The van der Waals surface area contributed by atoms with E-state index in [0.717, 1.165) is 54.4 Å². The first-order chi connectivity index (χ1) is 16.6. The molecule has 1 fully saturated rings. The number of aromatic amines is 1. The highest BCUT2D eigenvalue weighted by Gasteiger charge is 2.38. The molecular formula is C29H34N4O2. The highest BCUT2D eigenvalue weighted by Crippen LogP contribution is 2.40. The van der Waals surface area contributed by atoms with Crippen molar-refractivity contribution in [2.75, 3.05) is 7.05 Å². The molecule has 0 atom stereocenters. The molecule has 0 spiro atoms. The number of aromatic nitrogens is 2. The van der Waals surface area contributed by atoms with Gasteiger partial charge in [-0.1, -0.05) is 38.1 Å². The molecule has 2 aliphatic carbocycles. The summed E-state index contributed by atoms with van der Waals surface area (Å²) in [6.07, 6.45) is 5.04. The van der Waals surface area contributed by atoms with Crippen molar-refractivity contribution in [3.05, 3.63) is 76.0 Å². The third-order valence-corrected chi connectivity index (χ3v) is 7.33. The Kier molecular flexibility index (Phi) is 5.88. The molecule has 1 aromatic heterocycles. The minimum atomic E-state index is -0.0208. The van der Waals surface area contributed by atoms with Crippen LogP contribution < -0.4 is 5.32 Å². The van der Waals surface area contributed by atoms with E-state index in [2.05, 4.69) is 47.3 Å². The Morgan fingerprint density at radius 3 is 2.51 bits per heavy atom. The first kappa shape index (κ1) is 23.5. The van der Waals surface area contributed by atoms with Crippen molar-refractivity contribution >= 4 is 12.2 Å². The number of nitrogens with zero attached hydrogens (tertiary/aromatic N) is 2. The number of hydrogen-bond donors (Lipinski definition) is 2. The topological polar surface area (TPSA) is 78.1 Å². The molecular weight excluding hydrogens is 436 g/mol. The van der Waals surface area contributed by atoms with Crippen molar-refractivity contribution in [3.63, 3.8) is 0 Å². The predicted molar refractivity (Wildman–Crippen MR) is 137 cm³/mol. The third-order valence-electron chi connectivity index (χ3n) is 7.33. The molecule has 3 aromatic rings. The lowest BCUT2D eigenvalue weighted by molar-refractivity contribution is 0.0935. The highest BCUT2D eigenvalue weighted by atomic mass is 16.1. The standard InChI is InChI=1S/C29H34N4O2/c1-28(2)14-24-25(15-28)31-32-26(24)21-9-10-22(18-34)23(13-21)17-33(4)16-19-5-7-20(8-6-19)27(35)30-29(3)11-12-29/h5-10,13,18H,11-12,14-17H2,1-4H3,(H,30,35)(H,31,32). The van der Waals surface area contributed by atoms with E-state index >= 15 is 0 Å². The SMILES string of the molecule is CN(Cc1ccc(C(=O)NC2(C)CC2)cc1)Cc1cc(-c2n[nH]c3c2CC(C)(C)C3)ccc1C=O. The zero-order chi connectivity index (χ0) is 24.8. The van der Waals surface area contributed by atoms with Gasteiger partial charge < -0.3 is 5.32 Å². The van der Waals surface area contributed by atoms with Gasteiger partial charge in [0.05, 0.1) is 5.69 Å². The van der Waals surface area contributed by atoms with E-state index in [1.54, 1.807) is 0 Å². The van der Waals surface area contributed by atoms with Crippen LogP contribution in [0.2, 0.25) is 0 Å². The van der Waals surface area contributed by atoms with Crippen molar-refractivity contribution in [1.29, 1.82) is 0 Å². The maximum Gasteiger partial charge on any atom is 0.251 e. The second kappa shape index (κ2) is 8.76. The van der Waals surface area contributed by atoms with Crippen molar-refractivity contribution < 1.29 is 9.59 Å².